The molecule has 1 fully saturated rings. The number of benzene rings is 2. The van der Waals surface area contributed by atoms with E-state index >= 15 is 0 Å². The molecule has 2 aliphatic heterocycles. The lowest BCUT2D eigenvalue weighted by Gasteiger charge is -2.35. The summed E-state index contributed by atoms with van der Waals surface area (Å²) in [7, 11) is 0. The number of carbonyl (C=O) groups excluding carboxylic acids is 2. The number of ether oxygens (including phenoxy) is 1. The summed E-state index contributed by atoms with van der Waals surface area (Å²) in [5, 5.41) is 2.88. The number of nitrogens with one attached hydrogen (secondary N) is 1. The second kappa shape index (κ2) is 5.33. The number of halogens is 1. The summed E-state index contributed by atoms with van der Waals surface area (Å²) in [5.41, 5.74) is 0.00336. The van der Waals surface area contributed by atoms with Gasteiger partial charge in [-0.3, -0.25) is 9.59 Å². The molecule has 2 heterocycles. The van der Waals surface area contributed by atoms with Crippen LogP contribution in [0.25, 0.3) is 0 Å². The van der Waals surface area contributed by atoms with Crippen LogP contribution in [0.4, 0.5) is 4.39 Å². The minimum absolute atomic E-state index is 0.201. The van der Waals surface area contributed by atoms with E-state index in [-0.39, 0.29) is 24.2 Å². The van der Waals surface area contributed by atoms with Crippen LogP contribution in [0.1, 0.15) is 27.1 Å². The number of fused-ring (bicyclic) bond motifs is 1. The van der Waals surface area contributed by atoms with Gasteiger partial charge in [-0.05, 0) is 36.4 Å². The zero-order valence-corrected chi connectivity index (χ0v) is 12.8. The number of para-hydroxylation sites is 1. The van der Waals surface area contributed by atoms with Gasteiger partial charge < -0.3 is 15.0 Å². The van der Waals surface area contributed by atoms with E-state index in [1.165, 1.54) is 24.3 Å². The zero-order valence-electron chi connectivity index (χ0n) is 12.8. The Labute approximate surface area is 138 Å². The first-order chi connectivity index (χ1) is 11.6. The third-order valence-electron chi connectivity index (χ3n) is 4.39. The van der Waals surface area contributed by atoms with Gasteiger partial charge in [-0.15, -0.1) is 0 Å². The van der Waals surface area contributed by atoms with Gasteiger partial charge in [-0.2, -0.15) is 0 Å². The predicted octanol–water partition coefficient (Wildman–Crippen LogP) is 2.19. The van der Waals surface area contributed by atoms with E-state index in [0.717, 1.165) is 0 Å². The van der Waals surface area contributed by atoms with E-state index in [9.17, 15) is 14.0 Å². The summed E-state index contributed by atoms with van der Waals surface area (Å²) >= 11 is 0. The molecule has 1 unspecified atom stereocenters. The van der Waals surface area contributed by atoms with Gasteiger partial charge in [0.15, 0.2) is 0 Å². The fourth-order valence-corrected chi connectivity index (χ4v) is 3.17. The van der Waals surface area contributed by atoms with E-state index in [0.29, 0.717) is 29.8 Å². The van der Waals surface area contributed by atoms with Crippen LogP contribution >= 0.6 is 0 Å². The summed E-state index contributed by atoms with van der Waals surface area (Å²) in [6.45, 7) is 0.710. The summed E-state index contributed by atoms with van der Waals surface area (Å²) in [4.78, 5) is 26.5. The van der Waals surface area contributed by atoms with Crippen molar-refractivity contribution >= 4 is 11.8 Å². The molecule has 0 aliphatic carbocycles. The standard InChI is InChI=1S/C18H15FN2O3/c19-13-7-5-12(6-8-13)17(23)21-10-9-18(11-21)20-16(22)14-3-1-2-4-15(14)24-18/h1-8H,9-11H2,(H,20,22). The maximum absolute atomic E-state index is 13.0. The van der Waals surface area contributed by atoms with Gasteiger partial charge in [0.25, 0.3) is 11.8 Å². The van der Waals surface area contributed by atoms with Crippen LogP contribution in [0.3, 0.4) is 0 Å². The van der Waals surface area contributed by atoms with Crippen molar-refractivity contribution < 1.29 is 18.7 Å². The molecule has 6 heteroatoms. The molecule has 2 aromatic rings. The molecule has 2 aromatic carbocycles. The fraction of sp³-hybridized carbons (Fsp3) is 0.222. The molecule has 1 saturated heterocycles. The summed E-state index contributed by atoms with van der Waals surface area (Å²) in [5.74, 6) is -0.266. The van der Waals surface area contributed by atoms with E-state index in [4.69, 9.17) is 4.74 Å². The summed E-state index contributed by atoms with van der Waals surface area (Å²) in [6.07, 6.45) is 0.500. The van der Waals surface area contributed by atoms with Crippen LogP contribution in [0.5, 0.6) is 5.75 Å². The lowest BCUT2D eigenvalue weighted by Crippen LogP contribution is -2.57. The average molecular weight is 326 g/mol. The minimum Gasteiger partial charge on any atom is -0.465 e. The molecule has 2 aliphatic rings. The van der Waals surface area contributed by atoms with Gasteiger partial charge in [-0.1, -0.05) is 12.1 Å². The Hall–Kier alpha value is -2.89. The Morgan fingerprint density at radius 2 is 1.92 bits per heavy atom. The van der Waals surface area contributed by atoms with E-state index in [2.05, 4.69) is 5.32 Å². The smallest absolute Gasteiger partial charge is 0.258 e. The molecule has 0 bridgehead atoms. The maximum Gasteiger partial charge on any atom is 0.258 e. The van der Waals surface area contributed by atoms with Gasteiger partial charge >= 0.3 is 0 Å². The molecule has 122 valence electrons. The van der Waals surface area contributed by atoms with E-state index < -0.39 is 5.72 Å². The van der Waals surface area contributed by atoms with Crippen molar-refractivity contribution in [2.75, 3.05) is 13.1 Å². The van der Waals surface area contributed by atoms with Crippen LogP contribution in [0.2, 0.25) is 0 Å². The first-order valence-electron chi connectivity index (χ1n) is 7.72. The number of nitrogens with zero attached hydrogens (tertiary/aromatic N) is 1. The number of carbonyl (C=O) groups is 2. The molecular weight excluding hydrogens is 311 g/mol. The molecule has 0 radical (unpaired) electrons. The second-order valence-electron chi connectivity index (χ2n) is 6.03. The first-order valence-corrected chi connectivity index (χ1v) is 7.72. The molecule has 2 amide bonds. The van der Waals surface area contributed by atoms with Gasteiger partial charge in [0.05, 0.1) is 12.1 Å². The lowest BCUT2D eigenvalue weighted by atomic mass is 10.1. The molecule has 1 N–H and O–H groups in total. The Morgan fingerprint density at radius 3 is 2.71 bits per heavy atom. The largest absolute Gasteiger partial charge is 0.465 e. The first kappa shape index (κ1) is 14.7. The monoisotopic (exact) mass is 326 g/mol. The maximum atomic E-state index is 13.0. The SMILES string of the molecule is O=C1NC2(CCN(C(=O)c3ccc(F)cc3)C2)Oc2ccccc21. The highest BCUT2D eigenvalue weighted by Gasteiger charge is 2.46. The molecule has 4 rings (SSSR count). The number of rotatable bonds is 1. The van der Waals surface area contributed by atoms with Crippen molar-refractivity contribution in [3.05, 3.63) is 65.5 Å². The highest BCUT2D eigenvalue weighted by atomic mass is 19.1. The van der Waals surface area contributed by atoms with Crippen LogP contribution in [-0.4, -0.2) is 35.5 Å². The van der Waals surface area contributed by atoms with Gasteiger partial charge in [0, 0.05) is 18.5 Å². The van der Waals surface area contributed by atoms with Crippen LogP contribution in [-0.2, 0) is 0 Å². The predicted molar refractivity (Wildman–Crippen MR) is 84.2 cm³/mol. The Morgan fingerprint density at radius 1 is 1.17 bits per heavy atom. The molecule has 24 heavy (non-hydrogen) atoms. The van der Waals surface area contributed by atoms with E-state index in [1.54, 1.807) is 23.1 Å². The number of hydrogen-bond acceptors (Lipinski definition) is 3. The highest BCUT2D eigenvalue weighted by molar-refractivity contribution is 5.99. The van der Waals surface area contributed by atoms with Crippen molar-refractivity contribution in [2.45, 2.75) is 12.1 Å². The molecule has 0 aromatic heterocycles. The molecular formula is C18H15FN2O3. The van der Waals surface area contributed by atoms with Crippen molar-refractivity contribution in [3.8, 4) is 5.75 Å². The fourth-order valence-electron chi connectivity index (χ4n) is 3.17. The van der Waals surface area contributed by atoms with Crippen LogP contribution < -0.4 is 10.1 Å². The molecule has 1 atom stereocenters. The third kappa shape index (κ3) is 2.40. The molecule has 1 spiro atoms. The highest BCUT2D eigenvalue weighted by Crippen LogP contribution is 2.33. The Bertz CT molecular complexity index is 821. The third-order valence-corrected chi connectivity index (χ3v) is 4.39. The molecule has 5 nitrogen and oxygen atoms in total. The zero-order chi connectivity index (χ0) is 16.7. The lowest BCUT2D eigenvalue weighted by molar-refractivity contribution is 0.0240. The van der Waals surface area contributed by atoms with Crippen molar-refractivity contribution in [2.24, 2.45) is 0 Å². The number of likely N-dealkylation sites (tertiary alicyclic amines) is 1. The Balaban J connectivity index is 1.55. The Kier molecular flexibility index (Phi) is 3.26. The minimum atomic E-state index is -0.902. The molecule has 0 saturated carbocycles. The topological polar surface area (TPSA) is 58.6 Å². The van der Waals surface area contributed by atoms with Crippen LogP contribution in [0, 0.1) is 5.82 Å². The van der Waals surface area contributed by atoms with Gasteiger partial charge in [0.2, 0.25) is 5.72 Å². The number of amides is 2. The van der Waals surface area contributed by atoms with E-state index in [1.807, 2.05) is 6.07 Å². The quantitative estimate of drug-likeness (QED) is 0.874. The average Bonchev–Trinajstić information content (AvgIpc) is 2.98. The second-order valence-corrected chi connectivity index (χ2v) is 6.03. The summed E-state index contributed by atoms with van der Waals surface area (Å²) < 4.78 is 19.0. The van der Waals surface area contributed by atoms with Crippen molar-refractivity contribution in [1.82, 2.24) is 10.2 Å². The summed E-state index contributed by atoms with van der Waals surface area (Å²) in [6, 6.07) is 12.5. The number of hydrogen-bond donors (Lipinski definition) is 1. The van der Waals surface area contributed by atoms with Gasteiger partial charge in [0.1, 0.15) is 11.6 Å². The van der Waals surface area contributed by atoms with Crippen LogP contribution in [0.15, 0.2) is 48.5 Å². The normalized spacial score (nSPS) is 22.0. The van der Waals surface area contributed by atoms with Crippen molar-refractivity contribution in [3.63, 3.8) is 0 Å². The van der Waals surface area contributed by atoms with Crippen molar-refractivity contribution in [1.29, 1.82) is 0 Å². The van der Waals surface area contributed by atoms with Gasteiger partial charge in [-0.25, -0.2) is 4.39 Å².